The van der Waals surface area contributed by atoms with Gasteiger partial charge in [-0.1, -0.05) is 0 Å². The van der Waals surface area contributed by atoms with Gasteiger partial charge in [0.15, 0.2) is 5.75 Å². The normalized spacial score (nSPS) is 14.4. The van der Waals surface area contributed by atoms with Crippen LogP contribution in [0.15, 0.2) is 36.4 Å². The zero-order valence-corrected chi connectivity index (χ0v) is 17.0. The van der Waals surface area contributed by atoms with Crippen molar-refractivity contribution in [2.24, 2.45) is 0 Å². The summed E-state index contributed by atoms with van der Waals surface area (Å²) >= 11 is 0. The lowest BCUT2D eigenvalue weighted by Crippen LogP contribution is -2.48. The van der Waals surface area contributed by atoms with Crippen LogP contribution < -0.4 is 9.47 Å². The Balaban J connectivity index is 1.65. The van der Waals surface area contributed by atoms with Gasteiger partial charge < -0.3 is 14.4 Å². The first-order valence-electron chi connectivity index (χ1n) is 9.68. The molecule has 0 bridgehead atoms. The van der Waals surface area contributed by atoms with Crippen LogP contribution >= 0.6 is 0 Å². The number of carbonyl (C=O) groups excluding carboxylic acids is 1. The lowest BCUT2D eigenvalue weighted by molar-refractivity contribution is -0.385. The van der Waals surface area contributed by atoms with E-state index in [0.717, 1.165) is 5.56 Å². The molecule has 1 fully saturated rings. The summed E-state index contributed by atoms with van der Waals surface area (Å²) in [6, 6.07) is 8.68. The van der Waals surface area contributed by atoms with Crippen LogP contribution in [0, 0.1) is 15.9 Å². The van der Waals surface area contributed by atoms with Gasteiger partial charge in [0.2, 0.25) is 0 Å². The Morgan fingerprint density at radius 2 is 1.83 bits per heavy atom. The summed E-state index contributed by atoms with van der Waals surface area (Å²) in [5, 5.41) is 11.3. The van der Waals surface area contributed by atoms with E-state index in [1.807, 2.05) is 0 Å². The number of piperazine rings is 1. The van der Waals surface area contributed by atoms with Crippen molar-refractivity contribution in [3.8, 4) is 11.5 Å². The molecule has 0 radical (unpaired) electrons. The van der Waals surface area contributed by atoms with E-state index in [4.69, 9.17) is 9.47 Å². The van der Waals surface area contributed by atoms with Gasteiger partial charge in [-0.3, -0.25) is 19.8 Å². The molecule has 2 aromatic carbocycles. The SMILES string of the molecule is CCOc1ccc(C(=O)N2CCN(Cc3cc(F)ccc3OC)CC2)cc1[N+](=O)[O-]. The van der Waals surface area contributed by atoms with Gasteiger partial charge in [-0.25, -0.2) is 4.39 Å². The van der Waals surface area contributed by atoms with Crippen molar-refractivity contribution in [3.63, 3.8) is 0 Å². The standard InChI is InChI=1S/C21H24FN3O5/c1-3-30-20-6-4-15(13-18(20)25(27)28)21(26)24-10-8-23(9-11-24)14-16-12-17(22)5-7-19(16)29-2/h4-7,12-13H,3,8-11,14H2,1-2H3. The van der Waals surface area contributed by atoms with Crippen molar-refractivity contribution in [1.82, 2.24) is 9.80 Å². The Bertz CT molecular complexity index is 929. The molecule has 0 spiro atoms. The summed E-state index contributed by atoms with van der Waals surface area (Å²) in [5.41, 5.74) is 0.782. The van der Waals surface area contributed by atoms with Crippen LogP contribution in [0.1, 0.15) is 22.8 Å². The third-order valence-electron chi connectivity index (χ3n) is 5.00. The highest BCUT2D eigenvalue weighted by Crippen LogP contribution is 2.29. The van der Waals surface area contributed by atoms with Gasteiger partial charge in [0, 0.05) is 49.9 Å². The summed E-state index contributed by atoms with van der Waals surface area (Å²) < 4.78 is 24.1. The molecule has 1 amide bonds. The molecule has 1 aliphatic rings. The van der Waals surface area contributed by atoms with E-state index in [1.54, 1.807) is 31.1 Å². The number of amides is 1. The lowest BCUT2D eigenvalue weighted by Gasteiger charge is -2.35. The highest BCUT2D eigenvalue weighted by atomic mass is 19.1. The van der Waals surface area contributed by atoms with Crippen molar-refractivity contribution in [2.75, 3.05) is 39.9 Å². The third kappa shape index (κ3) is 4.85. The maximum Gasteiger partial charge on any atom is 0.311 e. The molecular weight excluding hydrogens is 393 g/mol. The molecule has 0 aromatic heterocycles. The molecular formula is C21H24FN3O5. The van der Waals surface area contributed by atoms with Crippen molar-refractivity contribution in [1.29, 1.82) is 0 Å². The van der Waals surface area contributed by atoms with Crippen molar-refractivity contribution >= 4 is 11.6 Å². The number of hydrogen-bond donors (Lipinski definition) is 0. The van der Waals surface area contributed by atoms with Gasteiger partial charge in [0.05, 0.1) is 18.6 Å². The number of benzene rings is 2. The fourth-order valence-corrected chi connectivity index (χ4v) is 3.47. The Morgan fingerprint density at radius 1 is 1.13 bits per heavy atom. The van der Waals surface area contributed by atoms with E-state index in [-0.39, 0.29) is 28.7 Å². The van der Waals surface area contributed by atoms with Crippen LogP contribution in [0.2, 0.25) is 0 Å². The molecule has 1 aliphatic heterocycles. The first-order chi connectivity index (χ1) is 14.4. The predicted molar refractivity (Wildman–Crippen MR) is 108 cm³/mol. The number of carbonyl (C=O) groups is 1. The second-order valence-electron chi connectivity index (χ2n) is 6.90. The van der Waals surface area contributed by atoms with Crippen LogP contribution in [0.25, 0.3) is 0 Å². The maximum atomic E-state index is 13.6. The zero-order valence-electron chi connectivity index (χ0n) is 17.0. The number of nitro benzene ring substituents is 1. The smallest absolute Gasteiger partial charge is 0.311 e. The van der Waals surface area contributed by atoms with E-state index in [1.165, 1.54) is 24.3 Å². The first kappa shape index (κ1) is 21.5. The highest BCUT2D eigenvalue weighted by molar-refractivity contribution is 5.95. The topological polar surface area (TPSA) is 85.2 Å². The molecule has 2 aromatic rings. The van der Waals surface area contributed by atoms with Crippen LogP contribution in [0.5, 0.6) is 11.5 Å². The van der Waals surface area contributed by atoms with E-state index >= 15 is 0 Å². The van der Waals surface area contributed by atoms with Crippen LogP contribution in [0.4, 0.5) is 10.1 Å². The number of nitro groups is 1. The predicted octanol–water partition coefficient (Wildman–Crippen LogP) is 3.10. The summed E-state index contributed by atoms with van der Waals surface area (Å²) in [5.74, 6) is 0.186. The largest absolute Gasteiger partial charge is 0.496 e. The Hall–Kier alpha value is -3.20. The van der Waals surface area contributed by atoms with E-state index in [9.17, 15) is 19.3 Å². The molecule has 1 heterocycles. The maximum absolute atomic E-state index is 13.6. The molecule has 0 N–H and O–H groups in total. The van der Waals surface area contributed by atoms with E-state index in [0.29, 0.717) is 45.1 Å². The number of methoxy groups -OCH3 is 1. The van der Waals surface area contributed by atoms with E-state index in [2.05, 4.69) is 4.90 Å². The molecule has 0 saturated carbocycles. The van der Waals surface area contributed by atoms with Crippen molar-refractivity contribution in [3.05, 3.63) is 63.5 Å². The average molecular weight is 417 g/mol. The minimum atomic E-state index is -0.550. The quantitative estimate of drug-likeness (QED) is 0.508. The Kier molecular flexibility index (Phi) is 6.83. The Morgan fingerprint density at radius 3 is 2.47 bits per heavy atom. The minimum Gasteiger partial charge on any atom is -0.496 e. The molecule has 8 nitrogen and oxygen atoms in total. The number of nitrogens with zero attached hydrogens (tertiary/aromatic N) is 3. The van der Waals surface area contributed by atoms with Gasteiger partial charge >= 0.3 is 5.69 Å². The third-order valence-corrected chi connectivity index (χ3v) is 5.00. The first-order valence-corrected chi connectivity index (χ1v) is 9.68. The Labute approximate surface area is 173 Å². The van der Waals surface area contributed by atoms with E-state index < -0.39 is 4.92 Å². The number of ether oxygens (including phenoxy) is 2. The second-order valence-corrected chi connectivity index (χ2v) is 6.90. The molecule has 3 rings (SSSR count). The molecule has 0 unspecified atom stereocenters. The van der Waals surface area contributed by atoms with Gasteiger partial charge in [-0.15, -0.1) is 0 Å². The molecule has 1 saturated heterocycles. The summed E-state index contributed by atoms with van der Waals surface area (Å²) in [7, 11) is 1.54. The minimum absolute atomic E-state index is 0.146. The van der Waals surface area contributed by atoms with Crippen LogP contribution in [0.3, 0.4) is 0 Å². The van der Waals surface area contributed by atoms with Crippen LogP contribution in [-0.2, 0) is 6.54 Å². The number of hydrogen-bond acceptors (Lipinski definition) is 6. The molecule has 0 atom stereocenters. The average Bonchev–Trinajstić information content (AvgIpc) is 2.74. The van der Waals surface area contributed by atoms with Crippen LogP contribution in [-0.4, -0.2) is 60.5 Å². The lowest BCUT2D eigenvalue weighted by atomic mass is 10.1. The molecule has 0 aliphatic carbocycles. The fraction of sp³-hybridized carbons (Fsp3) is 0.381. The van der Waals surface area contributed by atoms with Gasteiger partial charge in [-0.05, 0) is 37.3 Å². The van der Waals surface area contributed by atoms with Crippen molar-refractivity contribution in [2.45, 2.75) is 13.5 Å². The van der Waals surface area contributed by atoms with Gasteiger partial charge in [0.1, 0.15) is 11.6 Å². The highest BCUT2D eigenvalue weighted by Gasteiger charge is 2.25. The number of halogens is 1. The van der Waals surface area contributed by atoms with Crippen molar-refractivity contribution < 1.29 is 23.6 Å². The second kappa shape index (κ2) is 9.53. The molecule has 160 valence electrons. The summed E-state index contributed by atoms with van der Waals surface area (Å²) in [6.07, 6.45) is 0. The summed E-state index contributed by atoms with van der Waals surface area (Å²) in [4.78, 5) is 27.4. The zero-order chi connectivity index (χ0) is 21.7. The monoisotopic (exact) mass is 417 g/mol. The molecule has 9 heteroatoms. The number of rotatable bonds is 7. The van der Waals surface area contributed by atoms with Gasteiger partial charge in [-0.2, -0.15) is 0 Å². The fourth-order valence-electron chi connectivity index (χ4n) is 3.47. The molecule has 30 heavy (non-hydrogen) atoms. The summed E-state index contributed by atoms with van der Waals surface area (Å²) in [6.45, 7) is 4.69. The van der Waals surface area contributed by atoms with Gasteiger partial charge in [0.25, 0.3) is 5.91 Å².